The van der Waals surface area contributed by atoms with Crippen molar-refractivity contribution in [3.05, 3.63) is 29.8 Å². The van der Waals surface area contributed by atoms with Crippen molar-refractivity contribution in [2.24, 2.45) is 5.41 Å². The lowest BCUT2D eigenvalue weighted by Crippen LogP contribution is -2.36. The van der Waals surface area contributed by atoms with Gasteiger partial charge in [-0.05, 0) is 55.7 Å². The van der Waals surface area contributed by atoms with E-state index < -0.39 is 0 Å². The molecule has 1 aliphatic carbocycles. The van der Waals surface area contributed by atoms with Crippen LogP contribution in [0.1, 0.15) is 45.1 Å². The molecule has 1 aromatic rings. The minimum absolute atomic E-state index is 0.556. The Morgan fingerprint density at radius 1 is 1.21 bits per heavy atom. The van der Waals surface area contributed by atoms with Gasteiger partial charge in [0.15, 0.2) is 0 Å². The molecule has 0 aliphatic heterocycles. The summed E-state index contributed by atoms with van der Waals surface area (Å²) in [6.07, 6.45) is 6.38. The molecule has 1 aliphatic rings. The number of hydrogen-bond donors (Lipinski definition) is 1. The summed E-state index contributed by atoms with van der Waals surface area (Å²) in [4.78, 5) is 0. The monoisotopic (exact) mass is 261 g/mol. The number of benzene rings is 1. The van der Waals surface area contributed by atoms with E-state index in [1.807, 2.05) is 12.1 Å². The third-order valence-electron chi connectivity index (χ3n) is 4.36. The highest BCUT2D eigenvalue weighted by Crippen LogP contribution is 2.34. The van der Waals surface area contributed by atoms with Crippen molar-refractivity contribution < 1.29 is 4.74 Å². The van der Waals surface area contributed by atoms with Crippen LogP contribution in [-0.4, -0.2) is 19.7 Å². The van der Waals surface area contributed by atoms with Crippen LogP contribution in [0, 0.1) is 5.41 Å². The second-order valence-electron chi connectivity index (χ2n) is 6.45. The molecule has 0 atom stereocenters. The van der Waals surface area contributed by atoms with Crippen LogP contribution in [0.25, 0.3) is 0 Å². The lowest BCUT2D eigenvalue weighted by Gasteiger charge is -2.34. The molecule has 1 fully saturated rings. The number of rotatable bonds is 5. The molecule has 2 heteroatoms. The largest absolute Gasteiger partial charge is 0.496 e. The molecule has 0 radical (unpaired) electrons. The van der Waals surface area contributed by atoms with Crippen LogP contribution in [0.15, 0.2) is 24.3 Å². The third kappa shape index (κ3) is 4.24. The van der Waals surface area contributed by atoms with Gasteiger partial charge in [0.2, 0.25) is 0 Å². The first-order valence-electron chi connectivity index (χ1n) is 7.46. The average molecular weight is 261 g/mol. The summed E-state index contributed by atoms with van der Waals surface area (Å²) < 4.78 is 5.39. The van der Waals surface area contributed by atoms with Crippen molar-refractivity contribution in [3.8, 4) is 5.75 Å². The molecule has 1 aromatic carbocycles. The fourth-order valence-corrected chi connectivity index (χ4v) is 2.92. The molecule has 2 nitrogen and oxygen atoms in total. The summed E-state index contributed by atoms with van der Waals surface area (Å²) in [6.45, 7) is 5.82. The van der Waals surface area contributed by atoms with E-state index in [4.69, 9.17) is 4.74 Å². The topological polar surface area (TPSA) is 21.3 Å². The second-order valence-corrected chi connectivity index (χ2v) is 6.45. The van der Waals surface area contributed by atoms with E-state index in [9.17, 15) is 0 Å². The van der Waals surface area contributed by atoms with Crippen molar-refractivity contribution in [3.63, 3.8) is 0 Å². The maximum absolute atomic E-state index is 5.39. The lowest BCUT2D eigenvalue weighted by atomic mass is 9.75. The molecule has 0 amide bonds. The maximum Gasteiger partial charge on any atom is 0.122 e. The van der Waals surface area contributed by atoms with E-state index >= 15 is 0 Å². The zero-order chi connectivity index (χ0) is 13.7. The first-order valence-corrected chi connectivity index (χ1v) is 7.46. The van der Waals surface area contributed by atoms with Crippen LogP contribution < -0.4 is 10.1 Å². The lowest BCUT2D eigenvalue weighted by molar-refractivity contribution is 0.207. The smallest absolute Gasteiger partial charge is 0.122 e. The third-order valence-corrected chi connectivity index (χ3v) is 4.36. The molecule has 0 spiro atoms. The molecule has 106 valence electrons. The molecular weight excluding hydrogens is 234 g/mol. The van der Waals surface area contributed by atoms with Gasteiger partial charge in [-0.15, -0.1) is 0 Å². The van der Waals surface area contributed by atoms with Gasteiger partial charge < -0.3 is 10.1 Å². The van der Waals surface area contributed by atoms with Gasteiger partial charge in [-0.3, -0.25) is 0 Å². The summed E-state index contributed by atoms with van der Waals surface area (Å²) in [6, 6.07) is 9.02. The Kier molecular flexibility index (Phi) is 4.87. The molecular formula is C17H27NO. The molecule has 0 aromatic heterocycles. The van der Waals surface area contributed by atoms with Crippen LogP contribution >= 0.6 is 0 Å². The van der Waals surface area contributed by atoms with Crippen LogP contribution in [-0.2, 0) is 6.42 Å². The van der Waals surface area contributed by atoms with Gasteiger partial charge in [-0.25, -0.2) is 0 Å². The SMILES string of the molecule is COc1ccccc1CCNC1CCC(C)(C)CC1. The van der Waals surface area contributed by atoms with E-state index in [0.717, 1.165) is 18.7 Å². The number of methoxy groups -OCH3 is 1. The standard InChI is InChI=1S/C17H27NO/c1-17(2)11-8-15(9-12-17)18-13-10-14-6-4-5-7-16(14)19-3/h4-7,15,18H,8-13H2,1-3H3. The fraction of sp³-hybridized carbons (Fsp3) is 0.647. The summed E-state index contributed by atoms with van der Waals surface area (Å²) in [7, 11) is 1.75. The summed E-state index contributed by atoms with van der Waals surface area (Å²) in [5.41, 5.74) is 1.86. The Morgan fingerprint density at radius 3 is 2.58 bits per heavy atom. The fourth-order valence-electron chi connectivity index (χ4n) is 2.92. The normalized spacial score (nSPS) is 19.3. The molecule has 0 heterocycles. The van der Waals surface area contributed by atoms with E-state index in [-0.39, 0.29) is 0 Å². The number of nitrogens with one attached hydrogen (secondary N) is 1. The molecule has 1 N–H and O–H groups in total. The summed E-state index contributed by atoms with van der Waals surface area (Å²) in [5, 5.41) is 3.70. The van der Waals surface area contributed by atoms with Crippen LogP contribution in [0.5, 0.6) is 5.75 Å². The Labute approximate surface area is 117 Å². The predicted octanol–water partition coefficient (Wildman–Crippen LogP) is 3.80. The minimum Gasteiger partial charge on any atom is -0.496 e. The van der Waals surface area contributed by atoms with Gasteiger partial charge in [0.1, 0.15) is 5.75 Å². The van der Waals surface area contributed by atoms with Crippen molar-refractivity contribution >= 4 is 0 Å². The van der Waals surface area contributed by atoms with Crippen molar-refractivity contribution in [1.29, 1.82) is 0 Å². The second kappa shape index (κ2) is 6.42. The van der Waals surface area contributed by atoms with Crippen LogP contribution in [0.4, 0.5) is 0 Å². The van der Waals surface area contributed by atoms with Crippen molar-refractivity contribution in [2.75, 3.05) is 13.7 Å². The van der Waals surface area contributed by atoms with Crippen molar-refractivity contribution in [2.45, 2.75) is 52.0 Å². The molecule has 19 heavy (non-hydrogen) atoms. The van der Waals surface area contributed by atoms with E-state index in [1.54, 1.807) is 7.11 Å². The quantitative estimate of drug-likeness (QED) is 0.870. The van der Waals surface area contributed by atoms with E-state index in [0.29, 0.717) is 11.5 Å². The predicted molar refractivity (Wildman–Crippen MR) is 80.7 cm³/mol. The molecule has 0 unspecified atom stereocenters. The number of hydrogen-bond acceptors (Lipinski definition) is 2. The van der Waals surface area contributed by atoms with Gasteiger partial charge in [0, 0.05) is 6.04 Å². The van der Waals surface area contributed by atoms with Gasteiger partial charge in [0.05, 0.1) is 7.11 Å². The Balaban J connectivity index is 1.75. The Bertz CT molecular complexity index is 390. The Morgan fingerprint density at radius 2 is 1.89 bits per heavy atom. The van der Waals surface area contributed by atoms with Gasteiger partial charge in [-0.1, -0.05) is 32.0 Å². The van der Waals surface area contributed by atoms with Gasteiger partial charge >= 0.3 is 0 Å². The van der Waals surface area contributed by atoms with E-state index in [2.05, 4.69) is 31.3 Å². The number of ether oxygens (including phenoxy) is 1. The zero-order valence-corrected chi connectivity index (χ0v) is 12.5. The summed E-state index contributed by atoms with van der Waals surface area (Å²) >= 11 is 0. The van der Waals surface area contributed by atoms with Gasteiger partial charge in [0.25, 0.3) is 0 Å². The zero-order valence-electron chi connectivity index (χ0n) is 12.5. The van der Waals surface area contributed by atoms with Gasteiger partial charge in [-0.2, -0.15) is 0 Å². The molecule has 0 saturated heterocycles. The highest BCUT2D eigenvalue weighted by molar-refractivity contribution is 5.33. The molecule has 0 bridgehead atoms. The minimum atomic E-state index is 0.556. The summed E-state index contributed by atoms with van der Waals surface area (Å²) in [5.74, 6) is 1.01. The van der Waals surface area contributed by atoms with E-state index in [1.165, 1.54) is 31.2 Å². The highest BCUT2D eigenvalue weighted by atomic mass is 16.5. The highest BCUT2D eigenvalue weighted by Gasteiger charge is 2.26. The Hall–Kier alpha value is -1.02. The molecule has 1 saturated carbocycles. The first-order chi connectivity index (χ1) is 9.11. The maximum atomic E-state index is 5.39. The average Bonchev–Trinajstić information content (AvgIpc) is 2.41. The van der Waals surface area contributed by atoms with Crippen molar-refractivity contribution in [1.82, 2.24) is 5.32 Å². The molecule has 2 rings (SSSR count). The van der Waals surface area contributed by atoms with Crippen LogP contribution in [0.3, 0.4) is 0 Å². The number of para-hydroxylation sites is 1. The first kappa shape index (κ1) is 14.4. The van der Waals surface area contributed by atoms with Crippen LogP contribution in [0.2, 0.25) is 0 Å².